The van der Waals surface area contributed by atoms with Gasteiger partial charge in [0.2, 0.25) is 0 Å². The number of hydrogen-bond donors (Lipinski definition) is 2. The molecule has 0 heterocycles. The van der Waals surface area contributed by atoms with Crippen molar-refractivity contribution in [2.75, 3.05) is 12.4 Å². The van der Waals surface area contributed by atoms with Gasteiger partial charge in [-0.2, -0.15) is 12.6 Å². The fourth-order valence-corrected chi connectivity index (χ4v) is 2.25. The quantitative estimate of drug-likeness (QED) is 0.589. The van der Waals surface area contributed by atoms with Crippen molar-refractivity contribution in [1.29, 1.82) is 0 Å². The van der Waals surface area contributed by atoms with E-state index in [0.29, 0.717) is 18.4 Å². The van der Waals surface area contributed by atoms with E-state index in [2.05, 4.69) is 12.6 Å². The topological polar surface area (TPSA) is 20.2 Å². The Bertz CT molecular complexity index is 83.3. The molecule has 0 amide bonds. The van der Waals surface area contributed by atoms with Gasteiger partial charge in [-0.25, -0.2) is 0 Å². The largest absolute Gasteiger partial charge is 0.396 e. The molecule has 1 fully saturated rings. The summed E-state index contributed by atoms with van der Waals surface area (Å²) in [5, 5.41) is 8.96. The first-order valence-electron chi connectivity index (χ1n) is 4.10. The summed E-state index contributed by atoms with van der Waals surface area (Å²) >= 11 is 4.27. The molecule has 2 unspecified atom stereocenters. The Hall–Kier alpha value is 0.310. The zero-order valence-corrected chi connectivity index (χ0v) is 7.19. The number of aliphatic hydroxyl groups excluding tert-OH is 1. The lowest BCUT2D eigenvalue weighted by molar-refractivity contribution is 0.147. The highest BCUT2D eigenvalue weighted by Gasteiger charge is 2.22. The SMILES string of the molecule is OCC1CCCCC1CS. The van der Waals surface area contributed by atoms with Crippen LogP contribution in [0.15, 0.2) is 0 Å². The standard InChI is InChI=1S/C8H16OS/c9-5-7-3-1-2-4-8(7)6-10/h7-10H,1-6H2. The van der Waals surface area contributed by atoms with Crippen LogP contribution in [-0.4, -0.2) is 17.5 Å². The molecule has 1 saturated carbocycles. The van der Waals surface area contributed by atoms with Gasteiger partial charge in [-0.1, -0.05) is 12.8 Å². The van der Waals surface area contributed by atoms with Crippen molar-refractivity contribution in [2.45, 2.75) is 25.7 Å². The van der Waals surface area contributed by atoms with Crippen LogP contribution < -0.4 is 0 Å². The molecule has 0 aromatic carbocycles. The van der Waals surface area contributed by atoms with Gasteiger partial charge in [-0.3, -0.25) is 0 Å². The third kappa shape index (κ3) is 1.89. The van der Waals surface area contributed by atoms with Crippen LogP contribution in [0, 0.1) is 11.8 Å². The number of hydrogen-bond acceptors (Lipinski definition) is 2. The molecule has 1 aliphatic carbocycles. The first kappa shape index (κ1) is 8.41. The lowest BCUT2D eigenvalue weighted by Gasteiger charge is -2.28. The highest BCUT2D eigenvalue weighted by atomic mass is 32.1. The monoisotopic (exact) mass is 160 g/mol. The van der Waals surface area contributed by atoms with E-state index in [4.69, 9.17) is 5.11 Å². The van der Waals surface area contributed by atoms with Gasteiger partial charge in [0.15, 0.2) is 0 Å². The summed E-state index contributed by atoms with van der Waals surface area (Å²) in [6.07, 6.45) is 5.12. The third-order valence-electron chi connectivity index (χ3n) is 2.54. The average Bonchev–Trinajstić information content (AvgIpc) is 2.04. The van der Waals surface area contributed by atoms with Crippen LogP contribution in [0.2, 0.25) is 0 Å². The van der Waals surface area contributed by atoms with E-state index in [1.165, 1.54) is 25.7 Å². The van der Waals surface area contributed by atoms with Crippen LogP contribution in [0.3, 0.4) is 0 Å². The molecule has 0 bridgehead atoms. The highest BCUT2D eigenvalue weighted by molar-refractivity contribution is 7.80. The summed E-state index contributed by atoms with van der Waals surface area (Å²) in [5.74, 6) is 2.18. The van der Waals surface area contributed by atoms with Crippen molar-refractivity contribution in [3.05, 3.63) is 0 Å². The van der Waals surface area contributed by atoms with Crippen LogP contribution >= 0.6 is 12.6 Å². The maximum atomic E-state index is 8.96. The minimum Gasteiger partial charge on any atom is -0.396 e. The Kier molecular flexibility index (Phi) is 3.57. The second kappa shape index (κ2) is 4.24. The zero-order chi connectivity index (χ0) is 7.40. The molecule has 1 nitrogen and oxygen atoms in total. The van der Waals surface area contributed by atoms with Gasteiger partial charge in [-0.15, -0.1) is 0 Å². The lowest BCUT2D eigenvalue weighted by Crippen LogP contribution is -2.23. The maximum absolute atomic E-state index is 8.96. The van der Waals surface area contributed by atoms with E-state index in [1.807, 2.05) is 0 Å². The van der Waals surface area contributed by atoms with Gasteiger partial charge in [0.1, 0.15) is 0 Å². The molecule has 1 N–H and O–H groups in total. The normalized spacial score (nSPS) is 34.2. The number of thiol groups is 1. The second-order valence-corrected chi connectivity index (χ2v) is 3.53. The summed E-state index contributed by atoms with van der Waals surface area (Å²) in [5.41, 5.74) is 0. The average molecular weight is 160 g/mol. The molecule has 0 saturated heterocycles. The molecule has 1 rings (SSSR count). The Morgan fingerprint density at radius 1 is 1.20 bits per heavy atom. The Balaban J connectivity index is 2.34. The van der Waals surface area contributed by atoms with Gasteiger partial charge in [0, 0.05) is 6.61 Å². The number of aliphatic hydroxyl groups is 1. The molecule has 0 spiro atoms. The molecule has 2 heteroatoms. The van der Waals surface area contributed by atoms with Gasteiger partial charge in [0.05, 0.1) is 0 Å². The van der Waals surface area contributed by atoms with Crippen molar-refractivity contribution in [2.24, 2.45) is 11.8 Å². The van der Waals surface area contributed by atoms with E-state index < -0.39 is 0 Å². The van der Waals surface area contributed by atoms with Crippen molar-refractivity contribution in [1.82, 2.24) is 0 Å². The predicted octanol–water partition coefficient (Wildman–Crippen LogP) is 1.71. The molecule has 0 aromatic heterocycles. The molecular formula is C8H16OS. The Morgan fingerprint density at radius 2 is 1.80 bits per heavy atom. The van der Waals surface area contributed by atoms with Crippen LogP contribution in [0.1, 0.15) is 25.7 Å². The first-order valence-corrected chi connectivity index (χ1v) is 4.73. The molecule has 0 aliphatic heterocycles. The lowest BCUT2D eigenvalue weighted by atomic mass is 9.81. The summed E-state index contributed by atoms with van der Waals surface area (Å²) in [4.78, 5) is 0. The van der Waals surface area contributed by atoms with Gasteiger partial charge < -0.3 is 5.11 Å². The predicted molar refractivity (Wildman–Crippen MR) is 46.4 cm³/mol. The van der Waals surface area contributed by atoms with Crippen molar-refractivity contribution in [3.8, 4) is 0 Å². The summed E-state index contributed by atoms with van der Waals surface area (Å²) in [6.45, 7) is 0.366. The van der Waals surface area contributed by atoms with Crippen LogP contribution in [-0.2, 0) is 0 Å². The van der Waals surface area contributed by atoms with Crippen molar-refractivity contribution < 1.29 is 5.11 Å². The molecule has 2 atom stereocenters. The zero-order valence-electron chi connectivity index (χ0n) is 6.29. The molecule has 0 aromatic rings. The van der Waals surface area contributed by atoms with Crippen LogP contribution in [0.25, 0.3) is 0 Å². The minimum absolute atomic E-state index is 0.366. The fraction of sp³-hybridized carbons (Fsp3) is 1.00. The molecule has 1 aliphatic rings. The molecule has 60 valence electrons. The Morgan fingerprint density at radius 3 is 2.20 bits per heavy atom. The maximum Gasteiger partial charge on any atom is 0.0462 e. The van der Waals surface area contributed by atoms with E-state index in [0.717, 1.165) is 5.75 Å². The van der Waals surface area contributed by atoms with Crippen LogP contribution in [0.4, 0.5) is 0 Å². The second-order valence-electron chi connectivity index (χ2n) is 3.17. The molecule has 0 radical (unpaired) electrons. The van der Waals surface area contributed by atoms with Gasteiger partial charge in [0.25, 0.3) is 0 Å². The molecule has 10 heavy (non-hydrogen) atoms. The van der Waals surface area contributed by atoms with E-state index >= 15 is 0 Å². The Labute approximate surface area is 68.2 Å². The fourth-order valence-electron chi connectivity index (χ4n) is 1.77. The minimum atomic E-state index is 0.366. The summed E-state index contributed by atoms with van der Waals surface area (Å²) in [7, 11) is 0. The smallest absolute Gasteiger partial charge is 0.0462 e. The number of rotatable bonds is 2. The van der Waals surface area contributed by atoms with Crippen molar-refractivity contribution in [3.63, 3.8) is 0 Å². The van der Waals surface area contributed by atoms with Crippen LogP contribution in [0.5, 0.6) is 0 Å². The van der Waals surface area contributed by atoms with Gasteiger partial charge >= 0.3 is 0 Å². The molecular weight excluding hydrogens is 144 g/mol. The first-order chi connectivity index (χ1) is 4.88. The summed E-state index contributed by atoms with van der Waals surface area (Å²) < 4.78 is 0. The van der Waals surface area contributed by atoms with E-state index in [-0.39, 0.29) is 0 Å². The van der Waals surface area contributed by atoms with Crippen molar-refractivity contribution >= 4 is 12.6 Å². The summed E-state index contributed by atoms with van der Waals surface area (Å²) in [6, 6.07) is 0. The highest BCUT2D eigenvalue weighted by Crippen LogP contribution is 2.29. The van der Waals surface area contributed by atoms with Gasteiger partial charge in [-0.05, 0) is 30.4 Å². The van der Waals surface area contributed by atoms with E-state index in [1.54, 1.807) is 0 Å². The van der Waals surface area contributed by atoms with E-state index in [9.17, 15) is 0 Å². The third-order valence-corrected chi connectivity index (χ3v) is 3.00.